The first-order valence-electron chi connectivity index (χ1n) is 13.5. The zero-order valence-corrected chi connectivity index (χ0v) is 25.3. The summed E-state index contributed by atoms with van der Waals surface area (Å²) in [5, 5.41) is 13.1. The number of halogens is 4. The van der Waals surface area contributed by atoms with E-state index >= 15 is 0 Å². The van der Waals surface area contributed by atoms with Gasteiger partial charge in [0, 0.05) is 48.8 Å². The molecule has 0 aliphatic carbocycles. The highest BCUT2D eigenvalue weighted by Gasteiger charge is 2.39. The minimum atomic E-state index is -4.37. The molecule has 2 aliphatic rings. The fourth-order valence-corrected chi connectivity index (χ4v) is 7.23. The normalized spacial score (nSPS) is 20.5. The summed E-state index contributed by atoms with van der Waals surface area (Å²) in [4.78, 5) is 15.2. The van der Waals surface area contributed by atoms with Crippen LogP contribution < -0.4 is 10.0 Å². The molecule has 2 aliphatic heterocycles. The van der Waals surface area contributed by atoms with E-state index in [1.807, 2.05) is 11.0 Å². The number of sulfonamides is 1. The van der Waals surface area contributed by atoms with Crippen molar-refractivity contribution in [3.63, 3.8) is 0 Å². The van der Waals surface area contributed by atoms with Crippen molar-refractivity contribution in [3.05, 3.63) is 52.8 Å². The number of rotatable bonds is 12. The summed E-state index contributed by atoms with van der Waals surface area (Å²) in [5.41, 5.74) is -1.12. The van der Waals surface area contributed by atoms with E-state index in [9.17, 15) is 31.6 Å². The lowest BCUT2D eigenvalue weighted by atomic mass is 9.95. The van der Waals surface area contributed by atoms with Crippen LogP contribution in [0, 0.1) is 23.1 Å². The molecule has 2 atom stereocenters. The summed E-state index contributed by atoms with van der Waals surface area (Å²) in [6.07, 6.45) is 0.0285. The van der Waals surface area contributed by atoms with Crippen LogP contribution in [0.4, 0.5) is 18.9 Å². The first-order valence-corrected chi connectivity index (χ1v) is 16.3. The number of nitriles is 1. The number of ether oxygens (including phenoxy) is 1. The fraction of sp³-hybridized carbons (Fsp3) is 0.500. The van der Waals surface area contributed by atoms with E-state index in [-0.39, 0.29) is 33.0 Å². The molecule has 8 nitrogen and oxygen atoms in total. The monoisotopic (exact) mass is 644 g/mol. The van der Waals surface area contributed by atoms with Gasteiger partial charge in [-0.2, -0.15) is 5.26 Å². The molecule has 2 aromatic carbocycles. The average Bonchev–Trinajstić information content (AvgIpc) is 2.92. The zero-order valence-electron chi connectivity index (χ0n) is 22.9. The number of benzene rings is 2. The van der Waals surface area contributed by atoms with E-state index in [4.69, 9.17) is 16.3 Å². The van der Waals surface area contributed by atoms with Gasteiger partial charge in [-0.1, -0.05) is 11.6 Å². The Kier molecular flexibility index (Phi) is 10.7. The highest BCUT2D eigenvalue weighted by Crippen LogP contribution is 2.33. The standard InChI is InChI=1S/C28H32ClF3N4O4S2/c1-28(9-2-3-11-40-28)27(37)35-42(38,39)23-12-18(14-33)25(24(29)13-23)34-21(8-10-36-15-19(16-36)26(31)32)17-41-22-6-4-20(30)5-7-22/h4-7,12-13,19,21,26,34H,2-3,8-11,15-17H2,1H3,(H,35,37)/t21-,28-/m1/s1. The van der Waals surface area contributed by atoms with Gasteiger partial charge in [-0.3, -0.25) is 4.79 Å². The SMILES string of the molecule is C[C@]1(C(=O)NS(=O)(=O)c2cc(Cl)c(N[C@H](CCN3CC(C(F)F)C3)CSc3ccc(F)cc3)c(C#N)c2)CCCCO1. The zero-order chi connectivity index (χ0) is 30.5. The third-order valence-electron chi connectivity index (χ3n) is 7.42. The molecule has 0 aromatic heterocycles. The Morgan fingerprint density at radius 2 is 1.98 bits per heavy atom. The van der Waals surface area contributed by atoms with Gasteiger partial charge in [0.1, 0.15) is 17.5 Å². The number of nitrogens with zero attached hydrogens (tertiary/aromatic N) is 2. The second-order valence-electron chi connectivity index (χ2n) is 10.7. The number of hydrogen-bond donors (Lipinski definition) is 2. The van der Waals surface area contributed by atoms with E-state index in [0.717, 1.165) is 29.9 Å². The van der Waals surface area contributed by atoms with Crippen LogP contribution >= 0.6 is 23.4 Å². The van der Waals surface area contributed by atoms with Crippen LogP contribution in [0.3, 0.4) is 0 Å². The lowest BCUT2D eigenvalue weighted by Gasteiger charge is -2.39. The lowest BCUT2D eigenvalue weighted by molar-refractivity contribution is -0.148. The topological polar surface area (TPSA) is 112 Å². The maximum atomic E-state index is 13.3. The summed E-state index contributed by atoms with van der Waals surface area (Å²) in [6, 6.07) is 9.94. The molecule has 0 radical (unpaired) electrons. The third kappa shape index (κ3) is 8.11. The number of thioether (sulfide) groups is 1. The van der Waals surface area contributed by atoms with Crippen LogP contribution in [0.25, 0.3) is 0 Å². The first kappa shape index (κ1) is 32.4. The van der Waals surface area contributed by atoms with Gasteiger partial charge < -0.3 is 15.0 Å². The summed E-state index contributed by atoms with van der Waals surface area (Å²) < 4.78 is 73.0. The quantitative estimate of drug-likeness (QED) is 0.301. The molecule has 2 heterocycles. The Morgan fingerprint density at radius 1 is 1.26 bits per heavy atom. The first-order chi connectivity index (χ1) is 19.9. The molecule has 2 fully saturated rings. The smallest absolute Gasteiger partial charge is 0.265 e. The van der Waals surface area contributed by atoms with Crippen molar-refractivity contribution in [2.45, 2.75) is 60.5 Å². The minimum Gasteiger partial charge on any atom is -0.379 e. The van der Waals surface area contributed by atoms with Gasteiger partial charge in [0.25, 0.3) is 15.9 Å². The van der Waals surface area contributed by atoms with E-state index in [1.54, 1.807) is 12.1 Å². The highest BCUT2D eigenvalue weighted by atomic mass is 35.5. The molecule has 2 saturated heterocycles. The largest absolute Gasteiger partial charge is 0.379 e. The predicted molar refractivity (Wildman–Crippen MR) is 155 cm³/mol. The number of likely N-dealkylation sites (tertiary alicyclic amines) is 1. The molecule has 4 rings (SSSR count). The molecule has 1 amide bonds. The molecule has 0 bridgehead atoms. The lowest BCUT2D eigenvalue weighted by Crippen LogP contribution is -2.50. The van der Waals surface area contributed by atoms with E-state index < -0.39 is 33.9 Å². The Hall–Kier alpha value is -2.50. The van der Waals surface area contributed by atoms with E-state index in [2.05, 4.69) is 10.0 Å². The van der Waals surface area contributed by atoms with Crippen molar-refractivity contribution >= 4 is 45.0 Å². The van der Waals surface area contributed by atoms with Crippen LogP contribution in [0.1, 0.15) is 38.2 Å². The molecule has 2 aromatic rings. The molecule has 42 heavy (non-hydrogen) atoms. The van der Waals surface area contributed by atoms with Gasteiger partial charge in [-0.15, -0.1) is 11.8 Å². The molecular formula is C28H32ClF3N4O4S2. The second-order valence-corrected chi connectivity index (χ2v) is 13.8. The highest BCUT2D eigenvalue weighted by molar-refractivity contribution is 7.99. The number of alkyl halides is 2. The van der Waals surface area contributed by atoms with Crippen LogP contribution in [-0.4, -0.2) is 69.3 Å². The number of amides is 1. The Morgan fingerprint density at radius 3 is 2.60 bits per heavy atom. The van der Waals surface area contributed by atoms with Crippen LogP contribution in [-0.2, 0) is 19.6 Å². The fourth-order valence-electron chi connectivity index (χ4n) is 4.79. The van der Waals surface area contributed by atoms with Crippen molar-refractivity contribution in [2.24, 2.45) is 5.92 Å². The van der Waals surface area contributed by atoms with Crippen molar-refractivity contribution in [1.82, 2.24) is 9.62 Å². The average molecular weight is 645 g/mol. The van der Waals surface area contributed by atoms with Gasteiger partial charge in [-0.05, 0) is 69.0 Å². The third-order valence-corrected chi connectivity index (χ3v) is 10.2. The maximum Gasteiger partial charge on any atom is 0.265 e. The van der Waals surface area contributed by atoms with E-state index in [1.165, 1.54) is 30.8 Å². The van der Waals surface area contributed by atoms with Crippen molar-refractivity contribution in [2.75, 3.05) is 37.3 Å². The number of carbonyl (C=O) groups is 1. The van der Waals surface area contributed by atoms with E-state index in [0.29, 0.717) is 44.8 Å². The van der Waals surface area contributed by atoms with Crippen molar-refractivity contribution in [3.8, 4) is 6.07 Å². The van der Waals surface area contributed by atoms with Crippen LogP contribution in [0.15, 0.2) is 46.2 Å². The number of carbonyl (C=O) groups excluding carboxylic acids is 1. The van der Waals surface area contributed by atoms with Gasteiger partial charge >= 0.3 is 0 Å². The van der Waals surface area contributed by atoms with Crippen LogP contribution in [0.5, 0.6) is 0 Å². The second kappa shape index (κ2) is 13.9. The Bertz CT molecular complexity index is 1410. The molecular weight excluding hydrogens is 613 g/mol. The molecule has 2 N–H and O–H groups in total. The number of hydrogen-bond acceptors (Lipinski definition) is 8. The van der Waals surface area contributed by atoms with Crippen molar-refractivity contribution in [1.29, 1.82) is 5.26 Å². The Labute approximate surface area is 253 Å². The minimum absolute atomic E-state index is 0.0412. The molecule has 0 saturated carbocycles. The van der Waals surface area contributed by atoms with Gasteiger partial charge in [0.15, 0.2) is 0 Å². The molecule has 0 unspecified atom stereocenters. The van der Waals surface area contributed by atoms with Gasteiger partial charge in [0.2, 0.25) is 6.43 Å². The molecule has 228 valence electrons. The summed E-state index contributed by atoms with van der Waals surface area (Å²) in [6.45, 7) is 2.99. The summed E-state index contributed by atoms with van der Waals surface area (Å²) in [7, 11) is -4.37. The maximum absolute atomic E-state index is 13.3. The van der Waals surface area contributed by atoms with Crippen LogP contribution in [0.2, 0.25) is 5.02 Å². The Balaban J connectivity index is 1.50. The summed E-state index contributed by atoms with van der Waals surface area (Å²) in [5.74, 6) is -1.34. The van der Waals surface area contributed by atoms with Gasteiger partial charge in [0.05, 0.1) is 21.2 Å². The number of nitrogens with one attached hydrogen (secondary N) is 2. The molecule has 14 heteroatoms. The molecule has 0 spiro atoms. The number of anilines is 1. The predicted octanol–water partition coefficient (Wildman–Crippen LogP) is 5.27. The van der Waals surface area contributed by atoms with Crippen molar-refractivity contribution < 1.29 is 31.1 Å². The summed E-state index contributed by atoms with van der Waals surface area (Å²) >= 11 is 7.94. The van der Waals surface area contributed by atoms with Gasteiger partial charge in [-0.25, -0.2) is 26.3 Å².